The van der Waals surface area contributed by atoms with E-state index in [-0.39, 0.29) is 11.9 Å². The maximum atomic E-state index is 13.2. The molecule has 100 valence electrons. The molecule has 3 unspecified atom stereocenters. The molecule has 1 aromatic carbocycles. The van der Waals surface area contributed by atoms with E-state index in [1.54, 1.807) is 0 Å². The minimum Gasteiger partial charge on any atom is -0.307 e. The van der Waals surface area contributed by atoms with Gasteiger partial charge in [-0.05, 0) is 59.3 Å². The first-order valence-corrected chi connectivity index (χ1v) is 7.58. The molecule has 0 bridgehead atoms. The monoisotopic (exact) mass is 313 g/mol. The summed E-state index contributed by atoms with van der Waals surface area (Å²) >= 11 is 3.25. The van der Waals surface area contributed by atoms with Gasteiger partial charge in [0.2, 0.25) is 0 Å². The molecule has 1 aliphatic rings. The van der Waals surface area contributed by atoms with E-state index in [0.29, 0.717) is 10.5 Å². The van der Waals surface area contributed by atoms with Crippen molar-refractivity contribution in [3.8, 4) is 0 Å². The van der Waals surface area contributed by atoms with Crippen LogP contribution in [0.25, 0.3) is 0 Å². The van der Waals surface area contributed by atoms with Gasteiger partial charge in [-0.3, -0.25) is 0 Å². The van der Waals surface area contributed by atoms with Crippen molar-refractivity contribution in [2.75, 3.05) is 0 Å². The molecule has 1 nitrogen and oxygen atoms in total. The second kappa shape index (κ2) is 6.16. The predicted octanol–water partition coefficient (Wildman–Crippen LogP) is 4.82. The van der Waals surface area contributed by atoms with Gasteiger partial charge in [-0.15, -0.1) is 0 Å². The molecule has 0 aromatic heterocycles. The molecule has 0 amide bonds. The van der Waals surface area contributed by atoms with Gasteiger partial charge in [0.25, 0.3) is 0 Å². The molecule has 1 saturated carbocycles. The van der Waals surface area contributed by atoms with E-state index in [4.69, 9.17) is 0 Å². The molecule has 1 aliphatic carbocycles. The van der Waals surface area contributed by atoms with E-state index in [0.717, 1.165) is 11.5 Å². The maximum absolute atomic E-state index is 13.2. The van der Waals surface area contributed by atoms with Gasteiger partial charge < -0.3 is 5.32 Å². The zero-order chi connectivity index (χ0) is 13.1. The van der Waals surface area contributed by atoms with Crippen molar-refractivity contribution in [3.05, 3.63) is 34.1 Å². The number of hydrogen-bond acceptors (Lipinski definition) is 1. The molecule has 0 aliphatic heterocycles. The third kappa shape index (κ3) is 3.33. The molecule has 0 saturated heterocycles. The Hall–Kier alpha value is -0.410. The summed E-state index contributed by atoms with van der Waals surface area (Å²) in [6.45, 7) is 4.48. The van der Waals surface area contributed by atoms with Crippen molar-refractivity contribution in [3.63, 3.8) is 0 Å². The molecule has 1 aromatic rings. The Morgan fingerprint density at radius 2 is 2.06 bits per heavy atom. The van der Waals surface area contributed by atoms with Crippen LogP contribution in [0.2, 0.25) is 0 Å². The van der Waals surface area contributed by atoms with Crippen molar-refractivity contribution >= 4 is 15.9 Å². The van der Waals surface area contributed by atoms with Crippen LogP contribution in [0.15, 0.2) is 22.7 Å². The van der Waals surface area contributed by atoms with Gasteiger partial charge in [-0.2, -0.15) is 0 Å². The van der Waals surface area contributed by atoms with Gasteiger partial charge in [0.1, 0.15) is 5.82 Å². The molecule has 0 heterocycles. The van der Waals surface area contributed by atoms with E-state index in [1.165, 1.54) is 31.7 Å². The highest BCUT2D eigenvalue weighted by molar-refractivity contribution is 9.10. The van der Waals surface area contributed by atoms with Crippen LogP contribution >= 0.6 is 15.9 Å². The molecule has 3 atom stereocenters. The summed E-state index contributed by atoms with van der Waals surface area (Å²) in [6, 6.07) is 6.14. The lowest BCUT2D eigenvalue weighted by molar-refractivity contribution is 0.263. The molecule has 1 fully saturated rings. The molecular weight excluding hydrogens is 293 g/mol. The largest absolute Gasteiger partial charge is 0.307 e. The Morgan fingerprint density at radius 3 is 2.72 bits per heavy atom. The highest BCUT2D eigenvalue weighted by atomic mass is 79.9. The summed E-state index contributed by atoms with van der Waals surface area (Å²) in [6.07, 6.45) is 5.25. The predicted molar refractivity (Wildman–Crippen MR) is 77.1 cm³/mol. The Labute approximate surface area is 117 Å². The van der Waals surface area contributed by atoms with Crippen LogP contribution < -0.4 is 5.32 Å². The third-order valence-corrected chi connectivity index (χ3v) is 4.63. The quantitative estimate of drug-likeness (QED) is 0.843. The summed E-state index contributed by atoms with van der Waals surface area (Å²) in [5, 5.41) is 3.69. The van der Waals surface area contributed by atoms with Gasteiger partial charge in [-0.1, -0.05) is 25.8 Å². The molecule has 18 heavy (non-hydrogen) atoms. The van der Waals surface area contributed by atoms with Crippen LogP contribution in [-0.2, 0) is 0 Å². The second-order valence-electron chi connectivity index (χ2n) is 5.43. The Kier molecular flexibility index (Phi) is 4.79. The fraction of sp³-hybridized carbons (Fsp3) is 0.600. The minimum absolute atomic E-state index is 0.197. The Morgan fingerprint density at radius 1 is 1.33 bits per heavy atom. The lowest BCUT2D eigenvalue weighted by Crippen LogP contribution is -2.38. The van der Waals surface area contributed by atoms with Crippen LogP contribution in [0.3, 0.4) is 0 Å². The smallest absolute Gasteiger partial charge is 0.137 e. The maximum Gasteiger partial charge on any atom is 0.137 e. The summed E-state index contributed by atoms with van der Waals surface area (Å²) < 4.78 is 13.8. The third-order valence-electron chi connectivity index (χ3n) is 4.02. The van der Waals surface area contributed by atoms with Gasteiger partial charge in [0.15, 0.2) is 0 Å². The van der Waals surface area contributed by atoms with Crippen molar-refractivity contribution in [1.29, 1.82) is 0 Å². The van der Waals surface area contributed by atoms with E-state index in [2.05, 4.69) is 35.1 Å². The number of rotatable bonds is 3. The lowest BCUT2D eigenvalue weighted by Gasteiger charge is -2.32. The molecule has 3 heteroatoms. The molecular formula is C15H21BrFN. The van der Waals surface area contributed by atoms with Crippen LogP contribution in [-0.4, -0.2) is 6.04 Å². The highest BCUT2D eigenvalue weighted by Crippen LogP contribution is 2.27. The van der Waals surface area contributed by atoms with Crippen molar-refractivity contribution in [2.24, 2.45) is 5.92 Å². The van der Waals surface area contributed by atoms with Crippen LogP contribution in [0.1, 0.15) is 51.1 Å². The number of nitrogens with one attached hydrogen (secondary N) is 1. The van der Waals surface area contributed by atoms with Gasteiger partial charge >= 0.3 is 0 Å². The SMILES string of the molecule is CC(NC1CCCCC1C)c1ccc(F)c(Br)c1. The summed E-state index contributed by atoms with van der Waals surface area (Å²) in [7, 11) is 0. The second-order valence-corrected chi connectivity index (χ2v) is 6.28. The van der Waals surface area contributed by atoms with E-state index in [9.17, 15) is 4.39 Å². The first-order chi connectivity index (χ1) is 8.58. The lowest BCUT2D eigenvalue weighted by atomic mass is 9.85. The van der Waals surface area contributed by atoms with Crippen molar-refractivity contribution in [2.45, 2.75) is 51.6 Å². The summed E-state index contributed by atoms with van der Waals surface area (Å²) in [5.41, 5.74) is 1.14. The fourth-order valence-corrected chi connectivity index (χ4v) is 3.16. The zero-order valence-electron chi connectivity index (χ0n) is 11.0. The standard InChI is InChI=1S/C15H21BrFN/c1-10-5-3-4-6-15(10)18-11(2)12-7-8-14(17)13(16)9-12/h7-11,15,18H,3-6H2,1-2H3. The van der Waals surface area contributed by atoms with Crippen molar-refractivity contribution in [1.82, 2.24) is 5.32 Å². The van der Waals surface area contributed by atoms with Crippen molar-refractivity contribution < 1.29 is 4.39 Å². The first-order valence-electron chi connectivity index (χ1n) is 6.79. The summed E-state index contributed by atoms with van der Waals surface area (Å²) in [5.74, 6) is 0.544. The fourth-order valence-electron chi connectivity index (χ4n) is 2.76. The molecule has 0 spiro atoms. The zero-order valence-corrected chi connectivity index (χ0v) is 12.6. The van der Waals surface area contributed by atoms with Crippen LogP contribution in [0.5, 0.6) is 0 Å². The highest BCUT2D eigenvalue weighted by Gasteiger charge is 2.22. The summed E-state index contributed by atoms with van der Waals surface area (Å²) in [4.78, 5) is 0. The number of halogens is 2. The average molecular weight is 314 g/mol. The van der Waals surface area contributed by atoms with E-state index < -0.39 is 0 Å². The topological polar surface area (TPSA) is 12.0 Å². The molecule has 0 radical (unpaired) electrons. The average Bonchev–Trinajstić information content (AvgIpc) is 2.35. The van der Waals surface area contributed by atoms with Gasteiger partial charge in [-0.25, -0.2) is 4.39 Å². The first kappa shape index (κ1) is 14.0. The molecule has 1 N–H and O–H groups in total. The van der Waals surface area contributed by atoms with Crippen LogP contribution in [0.4, 0.5) is 4.39 Å². The minimum atomic E-state index is -0.197. The van der Waals surface area contributed by atoms with Gasteiger partial charge in [0.05, 0.1) is 4.47 Å². The van der Waals surface area contributed by atoms with Gasteiger partial charge in [0, 0.05) is 12.1 Å². The van der Waals surface area contributed by atoms with E-state index >= 15 is 0 Å². The van der Waals surface area contributed by atoms with E-state index in [1.807, 2.05) is 12.1 Å². The Balaban J connectivity index is 2.02. The van der Waals surface area contributed by atoms with Crippen LogP contribution in [0, 0.1) is 11.7 Å². The number of hydrogen-bond donors (Lipinski definition) is 1. The molecule has 2 rings (SSSR count). The Bertz CT molecular complexity index is 407. The number of benzene rings is 1. The normalized spacial score (nSPS) is 26.0.